The molecule has 2 unspecified atom stereocenters. The number of esters is 1. The van der Waals surface area contributed by atoms with Gasteiger partial charge >= 0.3 is 5.97 Å². The van der Waals surface area contributed by atoms with Crippen molar-refractivity contribution in [2.75, 3.05) is 20.3 Å². The number of rotatable bonds is 5. The number of ether oxygens (including phenoxy) is 5. The molecule has 6 nitrogen and oxygen atoms in total. The van der Waals surface area contributed by atoms with Crippen LogP contribution in [0.2, 0.25) is 0 Å². The summed E-state index contributed by atoms with van der Waals surface area (Å²) in [5.74, 6) is -0.386. The van der Waals surface area contributed by atoms with E-state index >= 15 is 0 Å². The molecular formula is C20H30O6. The number of methoxy groups -OCH3 is 1. The van der Waals surface area contributed by atoms with Gasteiger partial charge in [0, 0.05) is 25.7 Å². The molecule has 146 valence electrons. The van der Waals surface area contributed by atoms with Crippen molar-refractivity contribution in [1.82, 2.24) is 0 Å². The lowest BCUT2D eigenvalue weighted by Crippen LogP contribution is -2.38. The summed E-state index contributed by atoms with van der Waals surface area (Å²) in [7, 11) is 1.37. The first kappa shape index (κ1) is 19.5. The molecule has 0 spiro atoms. The highest BCUT2D eigenvalue weighted by atomic mass is 16.7. The summed E-state index contributed by atoms with van der Waals surface area (Å²) < 4.78 is 28.5. The third-order valence-electron chi connectivity index (χ3n) is 5.16. The molecule has 3 fully saturated rings. The second-order valence-corrected chi connectivity index (χ2v) is 7.13. The van der Waals surface area contributed by atoms with Crippen LogP contribution in [0.5, 0.6) is 0 Å². The Morgan fingerprint density at radius 2 is 1.73 bits per heavy atom. The quantitative estimate of drug-likeness (QED) is 0.550. The molecule has 2 saturated heterocycles. The van der Waals surface area contributed by atoms with Gasteiger partial charge in [-0.2, -0.15) is 0 Å². The number of carbonyl (C=O) groups excluding carboxylic acids is 1. The molecule has 4 atom stereocenters. The first-order chi connectivity index (χ1) is 12.7. The van der Waals surface area contributed by atoms with E-state index in [9.17, 15) is 4.79 Å². The Labute approximate surface area is 155 Å². The molecule has 0 aromatic heterocycles. The van der Waals surface area contributed by atoms with E-state index in [0.717, 1.165) is 62.9 Å². The van der Waals surface area contributed by atoms with Crippen LogP contribution >= 0.6 is 0 Å². The van der Waals surface area contributed by atoms with Crippen molar-refractivity contribution in [3.05, 3.63) is 23.8 Å². The van der Waals surface area contributed by atoms with Gasteiger partial charge in [0.2, 0.25) is 0 Å². The van der Waals surface area contributed by atoms with E-state index in [1.54, 1.807) is 0 Å². The summed E-state index contributed by atoms with van der Waals surface area (Å²) in [6.07, 6.45) is 8.28. The van der Waals surface area contributed by atoms with Crippen molar-refractivity contribution in [2.45, 2.75) is 76.2 Å². The summed E-state index contributed by atoms with van der Waals surface area (Å²) in [4.78, 5) is 11.7. The average Bonchev–Trinajstić information content (AvgIpc) is 2.67. The van der Waals surface area contributed by atoms with Crippen molar-refractivity contribution in [3.8, 4) is 0 Å². The third kappa shape index (κ3) is 5.39. The molecular weight excluding hydrogens is 336 g/mol. The maximum Gasteiger partial charge on any atom is 0.330 e. The van der Waals surface area contributed by atoms with E-state index < -0.39 is 0 Å². The monoisotopic (exact) mass is 366 g/mol. The molecule has 0 aromatic rings. The van der Waals surface area contributed by atoms with Crippen molar-refractivity contribution >= 4 is 5.97 Å². The van der Waals surface area contributed by atoms with Crippen LogP contribution in [0.1, 0.15) is 51.4 Å². The molecule has 6 heteroatoms. The molecule has 3 rings (SSSR count). The average molecular weight is 366 g/mol. The Balaban J connectivity index is 1.67. The summed E-state index contributed by atoms with van der Waals surface area (Å²) in [6.45, 7) is 5.64. The minimum atomic E-state index is -0.386. The number of hydrogen-bond acceptors (Lipinski definition) is 6. The molecule has 2 heterocycles. The zero-order chi connectivity index (χ0) is 18.4. The highest BCUT2D eigenvalue weighted by molar-refractivity contribution is 5.83. The van der Waals surface area contributed by atoms with Gasteiger partial charge in [-0.05, 0) is 56.1 Å². The number of carbonyl (C=O) groups is 1. The van der Waals surface area contributed by atoms with Gasteiger partial charge in [0.05, 0.1) is 19.3 Å². The molecule has 0 aromatic carbocycles. The Morgan fingerprint density at radius 1 is 1.08 bits per heavy atom. The topological polar surface area (TPSA) is 63.2 Å². The minimum absolute atomic E-state index is 0.0758. The van der Waals surface area contributed by atoms with Crippen LogP contribution < -0.4 is 0 Å². The predicted molar refractivity (Wildman–Crippen MR) is 95.4 cm³/mol. The molecule has 1 aliphatic carbocycles. The van der Waals surface area contributed by atoms with Gasteiger partial charge in [0.15, 0.2) is 12.6 Å². The fourth-order valence-electron chi connectivity index (χ4n) is 3.68. The third-order valence-corrected chi connectivity index (χ3v) is 5.16. The smallest absolute Gasteiger partial charge is 0.330 e. The van der Waals surface area contributed by atoms with Crippen molar-refractivity contribution in [2.24, 2.45) is 0 Å². The zero-order valence-corrected chi connectivity index (χ0v) is 15.6. The van der Waals surface area contributed by atoms with Crippen LogP contribution in [0.3, 0.4) is 0 Å². The summed E-state index contributed by atoms with van der Waals surface area (Å²) in [6, 6.07) is 0. The van der Waals surface area contributed by atoms with E-state index in [4.69, 9.17) is 23.7 Å². The summed E-state index contributed by atoms with van der Waals surface area (Å²) >= 11 is 0. The Bertz CT molecular complexity index is 516. The predicted octanol–water partition coefficient (Wildman–Crippen LogP) is 3.26. The largest absolute Gasteiger partial charge is 0.466 e. The molecule has 1 saturated carbocycles. The van der Waals surface area contributed by atoms with E-state index in [0.29, 0.717) is 12.8 Å². The van der Waals surface area contributed by atoms with Crippen LogP contribution in [0.15, 0.2) is 23.8 Å². The number of hydrogen-bond donors (Lipinski definition) is 0. The molecule has 0 radical (unpaired) electrons. The highest BCUT2D eigenvalue weighted by Gasteiger charge is 2.34. The minimum Gasteiger partial charge on any atom is -0.466 e. The standard InChI is InChI=1S/C20H30O6/c1-14-15(12-18(21)22-2)11-16(25-19-7-3-5-9-23-19)13-17(14)26-20-8-4-6-10-24-20/h12,16-17,19-20H,1,3-11,13H2,2H3/t16-,17+,19?,20?/m1/s1. The van der Waals surface area contributed by atoms with Gasteiger partial charge in [-0.15, -0.1) is 0 Å². The normalized spacial score (nSPS) is 34.7. The fraction of sp³-hybridized carbons (Fsp3) is 0.750. The van der Waals surface area contributed by atoms with Crippen LogP contribution in [0, 0.1) is 0 Å². The Morgan fingerprint density at radius 3 is 2.31 bits per heavy atom. The van der Waals surface area contributed by atoms with Crippen molar-refractivity contribution in [3.63, 3.8) is 0 Å². The van der Waals surface area contributed by atoms with Crippen LogP contribution in [-0.4, -0.2) is 51.1 Å². The lowest BCUT2D eigenvalue weighted by Gasteiger charge is -2.37. The van der Waals surface area contributed by atoms with Gasteiger partial charge in [-0.3, -0.25) is 0 Å². The van der Waals surface area contributed by atoms with Gasteiger partial charge in [-0.1, -0.05) is 6.58 Å². The summed E-state index contributed by atoms with van der Waals surface area (Å²) in [5, 5.41) is 0. The Kier molecular flexibility index (Phi) is 7.25. The maximum absolute atomic E-state index is 11.7. The lowest BCUT2D eigenvalue weighted by molar-refractivity contribution is -0.212. The van der Waals surface area contributed by atoms with Gasteiger partial charge in [0.25, 0.3) is 0 Å². The molecule has 2 aliphatic heterocycles. The van der Waals surface area contributed by atoms with Gasteiger partial charge < -0.3 is 23.7 Å². The van der Waals surface area contributed by atoms with Gasteiger partial charge in [0.1, 0.15) is 0 Å². The van der Waals surface area contributed by atoms with E-state index in [1.807, 2.05) is 0 Å². The molecule has 0 amide bonds. The zero-order valence-electron chi connectivity index (χ0n) is 15.6. The highest BCUT2D eigenvalue weighted by Crippen LogP contribution is 2.35. The SMILES string of the molecule is C=C1C(=CC(=O)OC)C[C@@H](OC2CCCCO2)C[C@@H]1OC1CCCCO1. The van der Waals surface area contributed by atoms with Gasteiger partial charge in [-0.25, -0.2) is 4.79 Å². The van der Waals surface area contributed by atoms with Crippen LogP contribution in [0.4, 0.5) is 0 Å². The first-order valence-electron chi connectivity index (χ1n) is 9.67. The maximum atomic E-state index is 11.7. The second-order valence-electron chi connectivity index (χ2n) is 7.13. The van der Waals surface area contributed by atoms with E-state index in [-0.39, 0.29) is 30.8 Å². The van der Waals surface area contributed by atoms with Crippen molar-refractivity contribution in [1.29, 1.82) is 0 Å². The van der Waals surface area contributed by atoms with Crippen LogP contribution in [0.25, 0.3) is 0 Å². The first-order valence-corrected chi connectivity index (χ1v) is 9.67. The van der Waals surface area contributed by atoms with Crippen molar-refractivity contribution < 1.29 is 28.5 Å². The molecule has 26 heavy (non-hydrogen) atoms. The molecule has 3 aliphatic rings. The second kappa shape index (κ2) is 9.65. The Hall–Kier alpha value is -1.21. The summed E-state index contributed by atoms with van der Waals surface area (Å²) in [5.41, 5.74) is 1.64. The molecule has 0 bridgehead atoms. The lowest BCUT2D eigenvalue weighted by atomic mass is 9.85. The van der Waals surface area contributed by atoms with Crippen LogP contribution in [-0.2, 0) is 28.5 Å². The van der Waals surface area contributed by atoms with E-state index in [1.165, 1.54) is 13.2 Å². The molecule has 0 N–H and O–H groups in total. The fourth-order valence-corrected chi connectivity index (χ4v) is 3.68. The van der Waals surface area contributed by atoms with E-state index in [2.05, 4.69) is 6.58 Å².